The number of aryl methyl sites for hydroxylation is 7. The van der Waals surface area contributed by atoms with E-state index in [0.717, 1.165) is 86.3 Å². The van der Waals surface area contributed by atoms with Gasteiger partial charge in [0.05, 0.1) is 28.1 Å². The topological polar surface area (TPSA) is 151 Å². The van der Waals surface area contributed by atoms with Crippen LogP contribution in [0.25, 0.3) is 99.9 Å². The van der Waals surface area contributed by atoms with Crippen molar-refractivity contribution in [3.63, 3.8) is 0 Å². The molecule has 0 amide bonds. The molecule has 12 aromatic rings. The van der Waals surface area contributed by atoms with E-state index in [1.165, 1.54) is 146 Å². The van der Waals surface area contributed by atoms with Gasteiger partial charge in [-0.2, -0.15) is 0 Å². The third kappa shape index (κ3) is 33.9. The van der Waals surface area contributed by atoms with Crippen LogP contribution in [-0.4, -0.2) is 47.6 Å². The quantitative estimate of drug-likeness (QED) is 0.0549. The summed E-state index contributed by atoms with van der Waals surface area (Å²) < 4.78 is 0. The fourth-order valence-corrected chi connectivity index (χ4v) is 14.1. The summed E-state index contributed by atoms with van der Waals surface area (Å²) in [6.07, 6.45) is 6.70. The van der Waals surface area contributed by atoms with Crippen LogP contribution < -0.4 is 0 Å². The molecule has 0 aliphatic rings. The zero-order valence-corrected chi connectivity index (χ0v) is 86.4. The minimum Gasteiger partial charge on any atom is -0.512 e. The first-order valence-corrected chi connectivity index (χ1v) is 42.5. The average molecular weight is 2190 g/mol. The Morgan fingerprint density at radius 3 is 0.935 bits per heavy atom. The number of benzene rings is 9. The molecule has 3 aromatic heterocycles. The molecule has 9 aromatic carbocycles. The van der Waals surface area contributed by atoms with Crippen LogP contribution in [0.5, 0.6) is 0 Å². The fourth-order valence-electron chi connectivity index (χ4n) is 14.1. The molecule has 3 radical (unpaired) electrons. The van der Waals surface area contributed by atoms with E-state index in [9.17, 15) is 19.5 Å². The van der Waals surface area contributed by atoms with Gasteiger partial charge in [0.15, 0.2) is 17.3 Å². The number of hydrogen-bond donors (Lipinski definition) is 3. The number of pyridine rings is 3. The van der Waals surface area contributed by atoms with Crippen molar-refractivity contribution in [3.8, 4) is 67.2 Å². The smallest absolute Gasteiger partial charge is 0.164 e. The first-order chi connectivity index (χ1) is 56.2. The predicted molar refractivity (Wildman–Crippen MR) is 514 cm³/mol. The third-order valence-electron chi connectivity index (χ3n) is 20.0. The van der Waals surface area contributed by atoms with Gasteiger partial charge in [-0.25, -0.2) is 0 Å². The van der Waals surface area contributed by atoms with Gasteiger partial charge in [0, 0.05) is 106 Å². The van der Waals surface area contributed by atoms with Gasteiger partial charge >= 0.3 is 0 Å². The number of rotatable bonds is 14. The van der Waals surface area contributed by atoms with E-state index < -0.39 is 5.41 Å². The minimum absolute atomic E-state index is 0. The number of carbonyl (C=O) groups excluding carboxylic acids is 3. The van der Waals surface area contributed by atoms with E-state index in [2.05, 4.69) is 339 Å². The number of aliphatic hydroxyl groups is 3. The van der Waals surface area contributed by atoms with Gasteiger partial charge in [0.25, 0.3) is 0 Å². The van der Waals surface area contributed by atoms with Crippen LogP contribution in [0.15, 0.2) is 217 Å². The summed E-state index contributed by atoms with van der Waals surface area (Å²) in [5.74, 6) is 1.11. The zero-order chi connectivity index (χ0) is 90.1. The van der Waals surface area contributed by atoms with Crippen molar-refractivity contribution >= 4 is 50.1 Å². The summed E-state index contributed by atoms with van der Waals surface area (Å²) in [5, 5.41) is 30.0. The molecule has 9 nitrogen and oxygen atoms in total. The Morgan fingerprint density at radius 2 is 0.669 bits per heavy atom. The Hall–Kier alpha value is -9.21. The van der Waals surface area contributed by atoms with Crippen molar-refractivity contribution in [1.82, 2.24) is 15.0 Å². The van der Waals surface area contributed by atoms with Crippen LogP contribution in [0.2, 0.25) is 0 Å². The van der Waals surface area contributed by atoms with Crippen molar-refractivity contribution < 1.29 is 90.0 Å². The third-order valence-corrected chi connectivity index (χ3v) is 20.0. The maximum Gasteiger partial charge on any atom is 0.164 e. The molecule has 0 saturated heterocycles. The van der Waals surface area contributed by atoms with Gasteiger partial charge in [-0.3, -0.25) is 29.3 Å². The molecule has 124 heavy (non-hydrogen) atoms. The number of aliphatic hydroxyl groups excluding tert-OH is 3. The Balaban J connectivity index is 0.000000336. The number of nitrogens with zero attached hydrogens (tertiary/aromatic N) is 3. The number of hydrogen-bond acceptors (Lipinski definition) is 9. The summed E-state index contributed by atoms with van der Waals surface area (Å²) in [5.41, 5.74) is 32.0. The second-order valence-electron chi connectivity index (χ2n) is 39.2. The molecular weight excluding hydrogens is 2060 g/mol. The van der Waals surface area contributed by atoms with E-state index in [0.29, 0.717) is 11.8 Å². The second-order valence-corrected chi connectivity index (χ2v) is 39.2. The maximum absolute atomic E-state index is 11.5. The predicted octanol–water partition coefficient (Wildman–Crippen LogP) is 30.2. The average Bonchev–Trinajstić information content (AvgIpc) is 0.783. The molecule has 3 heterocycles. The van der Waals surface area contributed by atoms with E-state index in [4.69, 9.17) is 25.2 Å². The summed E-state index contributed by atoms with van der Waals surface area (Å²) in [6, 6.07) is 77.2. The van der Waals surface area contributed by atoms with Crippen molar-refractivity contribution in [2.45, 2.75) is 238 Å². The van der Waals surface area contributed by atoms with Crippen LogP contribution in [-0.2, 0) is 99.4 Å². The molecular formula is C112H134Ir3N3O6-3. The molecule has 0 spiro atoms. The van der Waals surface area contributed by atoms with Crippen molar-refractivity contribution in [2.75, 3.05) is 0 Å². The number of aromatic nitrogens is 3. The maximum atomic E-state index is 11.5. The van der Waals surface area contributed by atoms with Crippen molar-refractivity contribution in [2.24, 2.45) is 27.6 Å². The van der Waals surface area contributed by atoms with E-state index >= 15 is 0 Å². The molecule has 0 saturated carbocycles. The van der Waals surface area contributed by atoms with Crippen LogP contribution in [0.4, 0.5) is 0 Å². The van der Waals surface area contributed by atoms with E-state index in [1.807, 2.05) is 41.5 Å². The summed E-state index contributed by atoms with van der Waals surface area (Å²) in [7, 11) is 0. The standard InChI is InChI=1S/C32H36N.C31H34N.C28H28N.C11H20O2.2C5H8O2.3Ir/c1-21-15-22(2)17-25(16-21)30-19-26(20-31(3,4)5)28-18-24(11-14-29(28)33-30)23-9-12-27(13-10-23)32(6,7)8;1-20(2)23-8-10-24(11-9-23)25-12-13-29-28(17-25)27(19-31(5,6)7)18-30(32-29)26-15-21(3)14-22(4)16-26;1-18(2)12-24-17-28(25-14-20(4)13-21(5)15-25)29-27-11-10-23(16-26(24)27)22-8-6-19(3)7-9-22;1-10(2,3)8(12)7-9(13)11(4,5)6;2*1-4(6)3-5(2)7;;;/h9-16,18-19H,20H2,1-8H3;8-15,17-18,20H,19H2,1-7H3;6-11,13-14,16-18H,12H2,1-5H3;7,12H,1-6H3;2*3,6H,1-2H3;;;/q3*-1;;;;;;. The summed E-state index contributed by atoms with van der Waals surface area (Å²) in [4.78, 5) is 46.7. The number of ketones is 3. The monoisotopic (exact) mass is 2200 g/mol. The van der Waals surface area contributed by atoms with Crippen LogP contribution in [0.3, 0.4) is 0 Å². The molecule has 0 fully saturated rings. The number of carbonyl (C=O) groups is 3. The van der Waals surface area contributed by atoms with Gasteiger partial charge in [0.2, 0.25) is 0 Å². The molecule has 12 heteroatoms. The molecule has 0 aliphatic carbocycles. The Morgan fingerprint density at radius 1 is 0.363 bits per heavy atom. The van der Waals surface area contributed by atoms with E-state index in [1.54, 1.807) is 0 Å². The number of fused-ring (bicyclic) bond motifs is 3. The van der Waals surface area contributed by atoms with E-state index in [-0.39, 0.29) is 117 Å². The second kappa shape index (κ2) is 46.3. The van der Waals surface area contributed by atoms with Gasteiger partial charge in [0.1, 0.15) is 5.76 Å². The molecule has 0 aliphatic heterocycles. The molecule has 3 N–H and O–H groups in total. The Bertz CT molecular complexity index is 5640. The Kier molecular flexibility index (Phi) is 40.0. The van der Waals surface area contributed by atoms with Gasteiger partial charge in [-0.05, 0) is 197 Å². The first-order valence-electron chi connectivity index (χ1n) is 42.5. The molecule has 0 atom stereocenters. The van der Waals surface area contributed by atoms with Crippen molar-refractivity contribution in [1.29, 1.82) is 0 Å². The fraction of sp³-hybridized carbons (Fsp3) is 0.357. The largest absolute Gasteiger partial charge is 0.512 e. The Labute approximate surface area is 784 Å². The molecule has 0 bridgehead atoms. The number of allylic oxidation sites excluding steroid dienone is 6. The van der Waals surface area contributed by atoms with Gasteiger partial charge < -0.3 is 15.3 Å². The van der Waals surface area contributed by atoms with Gasteiger partial charge in [-0.15, -0.1) is 105 Å². The molecule has 663 valence electrons. The first kappa shape index (κ1) is 107. The molecule has 12 rings (SSSR count). The zero-order valence-electron chi connectivity index (χ0n) is 79.2. The molecule has 0 unspecified atom stereocenters. The SMILES string of the molecule is CC(=O)C=C(C)O.CC(=O)C=C(C)O.CC(C)(C)C(=O)C=C(O)C(C)(C)C.Cc1[c-]c(-c2cc(CC(C)(C)C)c3cc(-c4ccc(C(C)(C)C)cc4)ccc3n2)cc(C)c1.Cc1[c-]c(-c2cc(CC(C)(C)C)c3cc(-c4ccc(C(C)C)cc4)ccc3n2)cc(C)c1.Cc1[c-]c(-c2cc(CC(C)C)c3cc(-c4ccc(C)cc4)ccc3n2)cc(C)c1.[Ir].[Ir].[Ir]. The summed E-state index contributed by atoms with van der Waals surface area (Å²) in [6.45, 7) is 61.3. The minimum atomic E-state index is -0.417. The van der Waals surface area contributed by atoms with Crippen LogP contribution in [0.1, 0.15) is 232 Å². The van der Waals surface area contributed by atoms with Crippen molar-refractivity contribution in [3.05, 3.63) is 302 Å². The van der Waals surface area contributed by atoms with Gasteiger partial charge in [-0.1, -0.05) is 288 Å². The van der Waals surface area contributed by atoms with Crippen LogP contribution in [0, 0.1) is 94.2 Å². The van der Waals surface area contributed by atoms with Crippen LogP contribution >= 0.6 is 0 Å². The normalized spacial score (nSPS) is 11.9. The summed E-state index contributed by atoms with van der Waals surface area (Å²) >= 11 is 0.